The summed E-state index contributed by atoms with van der Waals surface area (Å²) in [5, 5.41) is 8.22. The number of hydrogen-bond acceptors (Lipinski definition) is 2. The molecule has 3 nitrogen and oxygen atoms in total. The number of ether oxygens (including phenoxy) is 1. The van der Waals surface area contributed by atoms with E-state index < -0.39 is 5.97 Å². The summed E-state index contributed by atoms with van der Waals surface area (Å²) in [6.45, 7) is 0.892. The lowest BCUT2D eigenvalue weighted by atomic mass is 10.2. The fourth-order valence-corrected chi connectivity index (χ4v) is 0.882. The Kier molecular flexibility index (Phi) is 3.11. The summed E-state index contributed by atoms with van der Waals surface area (Å²) in [4.78, 5) is 10.00. The Hall–Kier alpha value is -0.830. The second-order valence-electron chi connectivity index (χ2n) is 2.63. The molecule has 0 aromatic rings. The Morgan fingerprint density at radius 3 is 3.00 bits per heavy atom. The number of allylic oxidation sites excluding steroid dienone is 1. The molecule has 1 heterocycles. The third kappa shape index (κ3) is 4.56. The van der Waals surface area contributed by atoms with E-state index in [0.29, 0.717) is 6.10 Å². The van der Waals surface area contributed by atoms with Crippen molar-refractivity contribution in [3.63, 3.8) is 0 Å². The highest BCUT2D eigenvalue weighted by Gasteiger charge is 2.20. The van der Waals surface area contributed by atoms with Gasteiger partial charge in [-0.25, -0.2) is 4.79 Å². The molecule has 1 atom stereocenters. The van der Waals surface area contributed by atoms with Crippen LogP contribution >= 0.6 is 0 Å². The Bertz CT molecular complexity index is 159. The first-order valence-corrected chi connectivity index (χ1v) is 3.80. The smallest absolute Gasteiger partial charge is 0.327 e. The molecule has 1 rings (SSSR count). The predicted molar refractivity (Wildman–Crippen MR) is 40.4 cm³/mol. The predicted octanol–water partition coefficient (Wildman–Crippen LogP) is 1.20. The van der Waals surface area contributed by atoms with Crippen molar-refractivity contribution in [1.82, 2.24) is 0 Å². The molecule has 0 aromatic carbocycles. The number of hydrogen-bond donors (Lipinski definition) is 1. The van der Waals surface area contributed by atoms with Crippen LogP contribution in [0, 0.1) is 0 Å². The largest absolute Gasteiger partial charge is 0.478 e. The van der Waals surface area contributed by atoms with Crippen molar-refractivity contribution < 1.29 is 14.6 Å². The van der Waals surface area contributed by atoms with Gasteiger partial charge in [-0.3, -0.25) is 0 Å². The standard InChI is InChI=1S/C8H12O3/c9-8(10)5-3-1-2-4-7-6-11-7/h3,5,7H,1-2,4,6H2,(H,9,10). The summed E-state index contributed by atoms with van der Waals surface area (Å²) in [5.41, 5.74) is 0. The van der Waals surface area contributed by atoms with E-state index in [9.17, 15) is 4.79 Å². The van der Waals surface area contributed by atoms with Gasteiger partial charge in [0.25, 0.3) is 0 Å². The van der Waals surface area contributed by atoms with E-state index in [0.717, 1.165) is 25.9 Å². The highest BCUT2D eigenvalue weighted by atomic mass is 16.6. The summed E-state index contributed by atoms with van der Waals surface area (Å²) >= 11 is 0. The minimum absolute atomic E-state index is 0.466. The van der Waals surface area contributed by atoms with Gasteiger partial charge in [0.2, 0.25) is 0 Å². The van der Waals surface area contributed by atoms with Crippen LogP contribution in [0.25, 0.3) is 0 Å². The summed E-state index contributed by atoms with van der Waals surface area (Å²) < 4.78 is 5.00. The molecule has 3 heteroatoms. The maximum absolute atomic E-state index is 10.00. The van der Waals surface area contributed by atoms with Crippen molar-refractivity contribution in [1.29, 1.82) is 0 Å². The van der Waals surface area contributed by atoms with Gasteiger partial charge in [0.1, 0.15) is 0 Å². The van der Waals surface area contributed by atoms with E-state index in [1.54, 1.807) is 6.08 Å². The summed E-state index contributed by atoms with van der Waals surface area (Å²) in [6, 6.07) is 0. The van der Waals surface area contributed by atoms with Gasteiger partial charge in [-0.15, -0.1) is 0 Å². The normalized spacial score (nSPS) is 22.4. The molecule has 1 saturated heterocycles. The second kappa shape index (κ2) is 4.13. The Labute approximate surface area is 65.7 Å². The van der Waals surface area contributed by atoms with Crippen molar-refractivity contribution in [3.8, 4) is 0 Å². The number of carboxylic acids is 1. The fraction of sp³-hybridized carbons (Fsp3) is 0.625. The molecule has 1 N–H and O–H groups in total. The SMILES string of the molecule is O=C(O)C=CCCCC1CO1. The quantitative estimate of drug-likeness (QED) is 0.369. The zero-order chi connectivity index (χ0) is 8.10. The minimum atomic E-state index is -0.868. The van der Waals surface area contributed by atoms with Crippen LogP contribution in [0.2, 0.25) is 0 Å². The van der Waals surface area contributed by atoms with Gasteiger partial charge in [0.15, 0.2) is 0 Å². The Morgan fingerprint density at radius 2 is 2.45 bits per heavy atom. The van der Waals surface area contributed by atoms with Crippen molar-refractivity contribution in [2.45, 2.75) is 25.4 Å². The first kappa shape index (κ1) is 8.27. The maximum Gasteiger partial charge on any atom is 0.327 e. The number of epoxide rings is 1. The summed E-state index contributed by atoms with van der Waals surface area (Å²) in [6.07, 6.45) is 6.26. The van der Waals surface area contributed by atoms with Gasteiger partial charge in [0.05, 0.1) is 12.7 Å². The zero-order valence-electron chi connectivity index (χ0n) is 6.32. The van der Waals surface area contributed by atoms with Crippen LogP contribution in [0.4, 0.5) is 0 Å². The van der Waals surface area contributed by atoms with Crippen LogP contribution in [0.1, 0.15) is 19.3 Å². The van der Waals surface area contributed by atoms with Crippen LogP contribution in [0.15, 0.2) is 12.2 Å². The van der Waals surface area contributed by atoms with Crippen LogP contribution in [0.3, 0.4) is 0 Å². The first-order valence-electron chi connectivity index (χ1n) is 3.80. The minimum Gasteiger partial charge on any atom is -0.478 e. The molecule has 0 aromatic heterocycles. The molecule has 11 heavy (non-hydrogen) atoms. The van der Waals surface area contributed by atoms with Crippen molar-refractivity contribution in [2.75, 3.05) is 6.61 Å². The third-order valence-corrected chi connectivity index (χ3v) is 1.56. The number of aliphatic carboxylic acids is 1. The van der Waals surface area contributed by atoms with Crippen molar-refractivity contribution in [3.05, 3.63) is 12.2 Å². The van der Waals surface area contributed by atoms with E-state index in [2.05, 4.69) is 0 Å². The van der Waals surface area contributed by atoms with E-state index in [1.807, 2.05) is 0 Å². The maximum atomic E-state index is 10.00. The van der Waals surface area contributed by atoms with Crippen LogP contribution in [0.5, 0.6) is 0 Å². The van der Waals surface area contributed by atoms with Gasteiger partial charge in [-0.2, -0.15) is 0 Å². The van der Waals surface area contributed by atoms with Gasteiger partial charge < -0.3 is 9.84 Å². The summed E-state index contributed by atoms with van der Waals surface area (Å²) in [5.74, 6) is -0.868. The molecule has 1 fully saturated rings. The Balaban J connectivity index is 1.90. The second-order valence-corrected chi connectivity index (χ2v) is 2.63. The van der Waals surface area contributed by atoms with Gasteiger partial charge in [0, 0.05) is 6.08 Å². The Morgan fingerprint density at radius 1 is 1.73 bits per heavy atom. The zero-order valence-corrected chi connectivity index (χ0v) is 6.32. The van der Waals surface area contributed by atoms with E-state index in [4.69, 9.17) is 9.84 Å². The fourth-order valence-electron chi connectivity index (χ4n) is 0.882. The van der Waals surface area contributed by atoms with Crippen LogP contribution in [-0.2, 0) is 9.53 Å². The molecule has 62 valence electrons. The number of rotatable bonds is 5. The average molecular weight is 156 g/mol. The molecule has 0 radical (unpaired) electrons. The average Bonchev–Trinajstić information content (AvgIpc) is 2.70. The third-order valence-electron chi connectivity index (χ3n) is 1.56. The number of carboxylic acid groups (broad SMARTS) is 1. The molecule has 1 aliphatic heterocycles. The van der Waals surface area contributed by atoms with E-state index in [1.165, 1.54) is 6.08 Å². The van der Waals surface area contributed by atoms with Crippen molar-refractivity contribution in [2.24, 2.45) is 0 Å². The molecule has 0 bridgehead atoms. The topological polar surface area (TPSA) is 49.8 Å². The molecule has 1 unspecified atom stereocenters. The first-order chi connectivity index (χ1) is 5.29. The molecule has 0 spiro atoms. The molecule has 0 amide bonds. The van der Waals surface area contributed by atoms with E-state index in [-0.39, 0.29) is 0 Å². The summed E-state index contributed by atoms with van der Waals surface area (Å²) in [7, 11) is 0. The van der Waals surface area contributed by atoms with Gasteiger partial charge in [-0.1, -0.05) is 6.08 Å². The lowest BCUT2D eigenvalue weighted by Gasteiger charge is -1.89. The molecule has 0 aliphatic carbocycles. The van der Waals surface area contributed by atoms with Crippen LogP contribution in [-0.4, -0.2) is 23.8 Å². The van der Waals surface area contributed by atoms with E-state index >= 15 is 0 Å². The lowest BCUT2D eigenvalue weighted by Crippen LogP contribution is -1.87. The van der Waals surface area contributed by atoms with Gasteiger partial charge >= 0.3 is 5.97 Å². The number of carbonyl (C=O) groups is 1. The molecular formula is C8H12O3. The molecule has 1 aliphatic rings. The highest BCUT2D eigenvalue weighted by molar-refractivity contribution is 5.79. The highest BCUT2D eigenvalue weighted by Crippen LogP contribution is 2.16. The van der Waals surface area contributed by atoms with Crippen molar-refractivity contribution >= 4 is 5.97 Å². The molecular weight excluding hydrogens is 144 g/mol. The number of unbranched alkanes of at least 4 members (excludes halogenated alkanes) is 1. The van der Waals surface area contributed by atoms with Crippen LogP contribution < -0.4 is 0 Å². The molecule has 0 saturated carbocycles. The van der Waals surface area contributed by atoms with Gasteiger partial charge in [-0.05, 0) is 19.3 Å². The lowest BCUT2D eigenvalue weighted by molar-refractivity contribution is -0.131. The monoisotopic (exact) mass is 156 g/mol.